The zero-order valence-corrected chi connectivity index (χ0v) is 17.2. The number of halogens is 2. The fourth-order valence-corrected chi connectivity index (χ4v) is 4.99. The summed E-state index contributed by atoms with van der Waals surface area (Å²) in [5.41, 5.74) is 5.11. The number of nitrogens with two attached hydrogens (primary N) is 1. The SMILES string of the molecule is CC1COc2c(N3CC4CCOC4(CN)C3)c(F)cc3c(=O)c(C(=O)O)cn1c23.Cl. The van der Waals surface area contributed by atoms with Crippen molar-refractivity contribution < 1.29 is 23.8 Å². The van der Waals surface area contributed by atoms with Crippen molar-refractivity contribution in [3.05, 3.63) is 33.9 Å². The molecule has 3 atom stereocenters. The molecule has 3 aliphatic heterocycles. The first kappa shape index (κ1) is 20.9. The molecular weight excluding hydrogens is 417 g/mol. The predicted molar refractivity (Wildman–Crippen MR) is 111 cm³/mol. The molecule has 0 amide bonds. The van der Waals surface area contributed by atoms with Crippen LogP contribution in [0.1, 0.15) is 29.7 Å². The van der Waals surface area contributed by atoms with Gasteiger partial charge in [-0.25, -0.2) is 9.18 Å². The van der Waals surface area contributed by atoms with E-state index in [9.17, 15) is 14.7 Å². The number of nitrogens with zero attached hydrogens (tertiary/aromatic N) is 2. The Hall–Kier alpha value is -2.36. The highest BCUT2D eigenvalue weighted by molar-refractivity contribution is 5.97. The van der Waals surface area contributed by atoms with Gasteiger partial charge in [-0.05, 0) is 19.4 Å². The number of pyridine rings is 1. The summed E-state index contributed by atoms with van der Waals surface area (Å²) >= 11 is 0. The zero-order valence-electron chi connectivity index (χ0n) is 16.4. The van der Waals surface area contributed by atoms with Crippen molar-refractivity contribution in [1.29, 1.82) is 0 Å². The largest absolute Gasteiger partial charge is 0.487 e. The van der Waals surface area contributed by atoms with Gasteiger partial charge in [0, 0.05) is 38.4 Å². The topological polar surface area (TPSA) is 107 Å². The summed E-state index contributed by atoms with van der Waals surface area (Å²) in [5, 5.41) is 9.40. The summed E-state index contributed by atoms with van der Waals surface area (Å²) in [7, 11) is 0. The number of benzene rings is 1. The van der Waals surface area contributed by atoms with Crippen LogP contribution in [0.5, 0.6) is 5.75 Å². The first-order valence-corrected chi connectivity index (χ1v) is 9.72. The van der Waals surface area contributed by atoms with Gasteiger partial charge in [0.1, 0.15) is 23.5 Å². The highest BCUT2D eigenvalue weighted by atomic mass is 35.5. The number of fused-ring (bicyclic) bond motifs is 1. The molecule has 1 aromatic heterocycles. The average Bonchev–Trinajstić information content (AvgIpc) is 3.23. The molecule has 0 bridgehead atoms. The lowest BCUT2D eigenvalue weighted by atomic mass is 9.91. The van der Waals surface area contributed by atoms with Crippen molar-refractivity contribution in [3.63, 3.8) is 0 Å². The lowest BCUT2D eigenvalue weighted by Gasteiger charge is -2.32. The maximum absolute atomic E-state index is 15.3. The van der Waals surface area contributed by atoms with Crippen molar-refractivity contribution in [3.8, 4) is 5.75 Å². The molecule has 162 valence electrons. The minimum Gasteiger partial charge on any atom is -0.487 e. The summed E-state index contributed by atoms with van der Waals surface area (Å²) in [6, 6.07) is 0.934. The maximum Gasteiger partial charge on any atom is 0.341 e. The number of ether oxygens (including phenoxy) is 2. The minimum atomic E-state index is -1.33. The molecule has 8 nitrogen and oxygen atoms in total. The number of aromatic carboxylic acids is 1. The first-order chi connectivity index (χ1) is 13.9. The minimum absolute atomic E-state index is 0. The molecule has 4 heterocycles. The van der Waals surface area contributed by atoms with Gasteiger partial charge in [-0.3, -0.25) is 4.79 Å². The van der Waals surface area contributed by atoms with Gasteiger partial charge in [0.15, 0.2) is 11.6 Å². The smallest absolute Gasteiger partial charge is 0.341 e. The van der Waals surface area contributed by atoms with Gasteiger partial charge in [0.2, 0.25) is 5.43 Å². The van der Waals surface area contributed by atoms with E-state index in [0.717, 1.165) is 12.5 Å². The number of carboxylic acids is 1. The van der Waals surface area contributed by atoms with E-state index in [0.29, 0.717) is 31.8 Å². The molecule has 0 radical (unpaired) electrons. The van der Waals surface area contributed by atoms with Crippen LogP contribution in [0.25, 0.3) is 10.9 Å². The van der Waals surface area contributed by atoms with E-state index in [-0.39, 0.29) is 53.4 Å². The van der Waals surface area contributed by atoms with Crippen LogP contribution in [0.2, 0.25) is 0 Å². The molecule has 3 aliphatic rings. The summed E-state index contributed by atoms with van der Waals surface area (Å²) in [6.45, 7) is 4.13. The fourth-order valence-electron chi connectivity index (χ4n) is 4.99. The highest BCUT2D eigenvalue weighted by Gasteiger charge is 2.51. The van der Waals surface area contributed by atoms with Crippen LogP contribution in [0.3, 0.4) is 0 Å². The number of carboxylic acid groups (broad SMARTS) is 1. The van der Waals surface area contributed by atoms with Gasteiger partial charge in [-0.2, -0.15) is 0 Å². The molecule has 0 saturated carbocycles. The third-order valence-corrected chi connectivity index (χ3v) is 6.53. The lowest BCUT2D eigenvalue weighted by Crippen LogP contribution is -2.44. The summed E-state index contributed by atoms with van der Waals surface area (Å²) in [6.07, 6.45) is 2.19. The quantitative estimate of drug-likeness (QED) is 0.750. The highest BCUT2D eigenvalue weighted by Crippen LogP contribution is 2.47. The van der Waals surface area contributed by atoms with Crippen LogP contribution in [-0.2, 0) is 4.74 Å². The van der Waals surface area contributed by atoms with Gasteiger partial charge in [0.05, 0.1) is 16.9 Å². The molecule has 3 N–H and O–H groups in total. The summed E-state index contributed by atoms with van der Waals surface area (Å²) < 4.78 is 28.8. The van der Waals surface area contributed by atoms with Crippen LogP contribution in [0.4, 0.5) is 10.1 Å². The van der Waals surface area contributed by atoms with Crippen molar-refractivity contribution in [2.45, 2.75) is 25.0 Å². The Morgan fingerprint density at radius 3 is 2.90 bits per heavy atom. The number of carbonyl (C=O) groups is 1. The second kappa shape index (κ2) is 7.11. The van der Waals surface area contributed by atoms with Crippen molar-refractivity contribution >= 4 is 35.0 Å². The van der Waals surface area contributed by atoms with Crippen molar-refractivity contribution in [1.82, 2.24) is 4.57 Å². The molecule has 2 fully saturated rings. The van der Waals surface area contributed by atoms with Gasteiger partial charge >= 0.3 is 5.97 Å². The summed E-state index contributed by atoms with van der Waals surface area (Å²) in [5.74, 6) is -1.46. The number of anilines is 1. The number of hydrogen-bond donors (Lipinski definition) is 2. The van der Waals surface area contributed by atoms with Crippen LogP contribution in [0, 0.1) is 11.7 Å². The Labute approximate surface area is 177 Å². The van der Waals surface area contributed by atoms with E-state index in [4.69, 9.17) is 15.2 Å². The zero-order chi connectivity index (χ0) is 20.5. The molecule has 0 aliphatic carbocycles. The molecule has 10 heteroatoms. The van der Waals surface area contributed by atoms with E-state index < -0.39 is 22.8 Å². The lowest BCUT2D eigenvalue weighted by molar-refractivity contribution is 0.0126. The van der Waals surface area contributed by atoms with Crippen LogP contribution < -0.4 is 20.8 Å². The van der Waals surface area contributed by atoms with E-state index in [2.05, 4.69) is 0 Å². The number of aromatic nitrogens is 1. The standard InChI is InChI=1S/C20H22FN3O5.ClH/c1-10-7-28-18-15-12(17(25)13(19(26)27)6-24(10)15)4-14(21)16(18)23-5-11-2-3-29-20(11,8-22)9-23;/h4,6,10-11H,2-3,5,7-9,22H2,1H3,(H,26,27);1H. The van der Waals surface area contributed by atoms with E-state index in [1.165, 1.54) is 6.20 Å². The Balaban J connectivity index is 0.00000218. The normalized spacial score (nSPS) is 27.0. The maximum atomic E-state index is 15.3. The molecular formula is C20H23ClFN3O5. The molecule has 5 rings (SSSR count). The second-order valence-corrected chi connectivity index (χ2v) is 8.16. The molecule has 0 spiro atoms. The monoisotopic (exact) mass is 439 g/mol. The summed E-state index contributed by atoms with van der Waals surface area (Å²) in [4.78, 5) is 26.1. The molecule has 3 unspecified atom stereocenters. The van der Waals surface area contributed by atoms with E-state index >= 15 is 4.39 Å². The van der Waals surface area contributed by atoms with E-state index in [1.807, 2.05) is 11.8 Å². The fraction of sp³-hybridized carbons (Fsp3) is 0.500. The molecule has 30 heavy (non-hydrogen) atoms. The Morgan fingerprint density at radius 1 is 1.47 bits per heavy atom. The Kier molecular flexibility index (Phi) is 4.95. The van der Waals surface area contributed by atoms with Crippen LogP contribution >= 0.6 is 12.4 Å². The van der Waals surface area contributed by atoms with Crippen LogP contribution in [-0.4, -0.2) is 54.1 Å². The Bertz CT molecular complexity index is 1110. The third kappa shape index (κ3) is 2.72. The van der Waals surface area contributed by atoms with Crippen LogP contribution in [0.15, 0.2) is 17.1 Å². The van der Waals surface area contributed by atoms with Gasteiger partial charge < -0.3 is 29.8 Å². The first-order valence-electron chi connectivity index (χ1n) is 9.72. The van der Waals surface area contributed by atoms with Crippen molar-refractivity contribution in [2.24, 2.45) is 11.7 Å². The molecule has 2 saturated heterocycles. The average molecular weight is 440 g/mol. The van der Waals surface area contributed by atoms with Gasteiger partial charge in [-0.15, -0.1) is 12.4 Å². The van der Waals surface area contributed by atoms with Crippen molar-refractivity contribution in [2.75, 3.05) is 37.7 Å². The number of rotatable bonds is 3. The molecule has 1 aromatic carbocycles. The number of hydrogen-bond acceptors (Lipinski definition) is 6. The Morgan fingerprint density at radius 2 is 2.23 bits per heavy atom. The second-order valence-electron chi connectivity index (χ2n) is 8.16. The third-order valence-electron chi connectivity index (χ3n) is 6.53. The molecule has 2 aromatic rings. The van der Waals surface area contributed by atoms with Gasteiger partial charge in [0.25, 0.3) is 0 Å². The predicted octanol–water partition coefficient (Wildman–Crippen LogP) is 1.77. The van der Waals surface area contributed by atoms with E-state index in [1.54, 1.807) is 4.57 Å². The van der Waals surface area contributed by atoms with Gasteiger partial charge in [-0.1, -0.05) is 0 Å².